The number of unbranched alkanes of at least 4 members (excludes halogenated alkanes) is 5. The lowest BCUT2D eigenvalue weighted by Crippen LogP contribution is -2.00. The number of aromatic nitrogens is 3. The zero-order valence-electron chi connectivity index (χ0n) is 11.1. The molecule has 4 heteroatoms. The smallest absolute Gasteiger partial charge is 0.0827 e. The zero-order valence-corrected chi connectivity index (χ0v) is 11.1. The predicted octanol–water partition coefficient (Wildman–Crippen LogP) is 2.53. The lowest BCUT2D eigenvalue weighted by molar-refractivity contribution is 0.516. The molecular formula is C13H26N4. The van der Waals surface area contributed by atoms with E-state index in [1.165, 1.54) is 38.5 Å². The van der Waals surface area contributed by atoms with Crippen LogP contribution in [0.5, 0.6) is 0 Å². The Labute approximate surface area is 105 Å². The van der Waals surface area contributed by atoms with Crippen molar-refractivity contribution < 1.29 is 0 Å². The summed E-state index contributed by atoms with van der Waals surface area (Å²) in [5.74, 6) is 0. The van der Waals surface area contributed by atoms with Crippen LogP contribution in [-0.2, 0) is 13.0 Å². The molecule has 4 nitrogen and oxygen atoms in total. The molecule has 0 radical (unpaired) electrons. The standard InChI is InChI=1S/C13H26N4/c1-2-3-4-5-6-7-11-17-12-13(15-16-17)9-8-10-14/h12H,2-11,14H2,1H3. The van der Waals surface area contributed by atoms with Gasteiger partial charge < -0.3 is 5.73 Å². The number of hydrogen-bond donors (Lipinski definition) is 1. The van der Waals surface area contributed by atoms with Crippen molar-refractivity contribution in [3.8, 4) is 0 Å². The first kappa shape index (κ1) is 14.2. The molecule has 2 N–H and O–H groups in total. The molecule has 0 aliphatic heterocycles. The zero-order chi connectivity index (χ0) is 12.3. The molecule has 0 unspecified atom stereocenters. The molecule has 0 spiro atoms. The topological polar surface area (TPSA) is 56.7 Å². The van der Waals surface area contributed by atoms with Crippen LogP contribution in [0.15, 0.2) is 6.20 Å². The third-order valence-corrected chi connectivity index (χ3v) is 2.96. The molecule has 0 bridgehead atoms. The van der Waals surface area contributed by atoms with E-state index in [1.54, 1.807) is 0 Å². The molecule has 0 saturated heterocycles. The van der Waals surface area contributed by atoms with Crippen LogP contribution < -0.4 is 5.73 Å². The van der Waals surface area contributed by atoms with Crippen molar-refractivity contribution in [3.05, 3.63) is 11.9 Å². The molecule has 1 heterocycles. The predicted molar refractivity (Wildman–Crippen MR) is 70.8 cm³/mol. The van der Waals surface area contributed by atoms with Gasteiger partial charge in [0.25, 0.3) is 0 Å². The SMILES string of the molecule is CCCCCCCCn1cc(CCCN)nn1. The number of hydrogen-bond acceptors (Lipinski definition) is 3. The lowest BCUT2D eigenvalue weighted by atomic mass is 10.1. The van der Waals surface area contributed by atoms with E-state index in [0.717, 1.165) is 31.6 Å². The minimum absolute atomic E-state index is 0.726. The fourth-order valence-electron chi connectivity index (χ4n) is 1.90. The molecule has 0 amide bonds. The maximum atomic E-state index is 5.47. The van der Waals surface area contributed by atoms with Crippen LogP contribution in [0.4, 0.5) is 0 Å². The van der Waals surface area contributed by atoms with Gasteiger partial charge in [0.15, 0.2) is 0 Å². The van der Waals surface area contributed by atoms with Gasteiger partial charge in [0.1, 0.15) is 0 Å². The molecule has 98 valence electrons. The van der Waals surface area contributed by atoms with Gasteiger partial charge >= 0.3 is 0 Å². The summed E-state index contributed by atoms with van der Waals surface area (Å²) in [7, 11) is 0. The van der Waals surface area contributed by atoms with Crippen molar-refractivity contribution in [2.75, 3.05) is 6.54 Å². The molecule has 1 aromatic heterocycles. The van der Waals surface area contributed by atoms with E-state index in [1.807, 2.05) is 4.68 Å². The number of aryl methyl sites for hydroxylation is 2. The van der Waals surface area contributed by atoms with Crippen LogP contribution in [-0.4, -0.2) is 21.5 Å². The van der Waals surface area contributed by atoms with Crippen LogP contribution in [0.1, 0.15) is 57.6 Å². The first-order chi connectivity index (χ1) is 8.36. The monoisotopic (exact) mass is 238 g/mol. The Hall–Kier alpha value is -0.900. The minimum Gasteiger partial charge on any atom is -0.330 e. The highest BCUT2D eigenvalue weighted by Gasteiger charge is 1.99. The molecule has 0 atom stereocenters. The molecule has 0 aliphatic rings. The van der Waals surface area contributed by atoms with Crippen molar-refractivity contribution in [3.63, 3.8) is 0 Å². The highest BCUT2D eigenvalue weighted by atomic mass is 15.4. The summed E-state index contributed by atoms with van der Waals surface area (Å²) >= 11 is 0. The maximum absolute atomic E-state index is 5.47. The lowest BCUT2D eigenvalue weighted by Gasteiger charge is -2.00. The van der Waals surface area contributed by atoms with Gasteiger partial charge in [-0.05, 0) is 25.8 Å². The van der Waals surface area contributed by atoms with E-state index in [0.29, 0.717) is 0 Å². The van der Waals surface area contributed by atoms with Gasteiger partial charge in [-0.25, -0.2) is 0 Å². The Morgan fingerprint density at radius 1 is 1.12 bits per heavy atom. The summed E-state index contributed by atoms with van der Waals surface area (Å²) in [6, 6.07) is 0. The molecule has 0 aromatic carbocycles. The van der Waals surface area contributed by atoms with Crippen molar-refractivity contribution in [1.29, 1.82) is 0 Å². The van der Waals surface area contributed by atoms with Gasteiger partial charge in [-0.3, -0.25) is 4.68 Å². The fraction of sp³-hybridized carbons (Fsp3) is 0.846. The van der Waals surface area contributed by atoms with E-state index in [2.05, 4.69) is 23.4 Å². The molecule has 0 aliphatic carbocycles. The number of nitrogens with zero attached hydrogens (tertiary/aromatic N) is 3. The summed E-state index contributed by atoms with van der Waals surface area (Å²) < 4.78 is 1.96. The quantitative estimate of drug-likeness (QED) is 0.637. The molecule has 0 fully saturated rings. The van der Waals surface area contributed by atoms with Gasteiger partial charge in [-0.2, -0.15) is 0 Å². The highest BCUT2D eigenvalue weighted by molar-refractivity contribution is 4.92. The number of rotatable bonds is 10. The van der Waals surface area contributed by atoms with Crippen molar-refractivity contribution in [2.45, 2.75) is 64.8 Å². The Morgan fingerprint density at radius 2 is 1.88 bits per heavy atom. The number of nitrogens with two attached hydrogens (primary N) is 1. The van der Waals surface area contributed by atoms with Crippen LogP contribution in [0.2, 0.25) is 0 Å². The Bertz CT molecular complexity index is 283. The Morgan fingerprint density at radius 3 is 2.65 bits per heavy atom. The van der Waals surface area contributed by atoms with Crippen molar-refractivity contribution >= 4 is 0 Å². The minimum atomic E-state index is 0.726. The second-order valence-electron chi connectivity index (χ2n) is 4.63. The molecule has 1 rings (SSSR count). The first-order valence-electron chi connectivity index (χ1n) is 6.96. The van der Waals surface area contributed by atoms with E-state index >= 15 is 0 Å². The third-order valence-electron chi connectivity index (χ3n) is 2.96. The Kier molecular flexibility index (Phi) is 7.63. The normalized spacial score (nSPS) is 10.9. The second kappa shape index (κ2) is 9.16. The first-order valence-corrected chi connectivity index (χ1v) is 6.96. The Balaban J connectivity index is 2.08. The third kappa shape index (κ3) is 6.41. The van der Waals surface area contributed by atoms with E-state index in [-0.39, 0.29) is 0 Å². The average Bonchev–Trinajstić information content (AvgIpc) is 2.79. The van der Waals surface area contributed by atoms with E-state index < -0.39 is 0 Å². The highest BCUT2D eigenvalue weighted by Crippen LogP contribution is 2.06. The van der Waals surface area contributed by atoms with Crippen molar-refractivity contribution in [1.82, 2.24) is 15.0 Å². The van der Waals surface area contributed by atoms with Crippen molar-refractivity contribution in [2.24, 2.45) is 5.73 Å². The average molecular weight is 238 g/mol. The second-order valence-corrected chi connectivity index (χ2v) is 4.63. The molecule has 17 heavy (non-hydrogen) atoms. The molecular weight excluding hydrogens is 212 g/mol. The maximum Gasteiger partial charge on any atom is 0.0827 e. The van der Waals surface area contributed by atoms with Crippen LogP contribution in [0, 0.1) is 0 Å². The summed E-state index contributed by atoms with van der Waals surface area (Å²) in [6.45, 7) is 3.98. The fourth-order valence-corrected chi connectivity index (χ4v) is 1.90. The van der Waals surface area contributed by atoms with Crippen LogP contribution in [0.3, 0.4) is 0 Å². The van der Waals surface area contributed by atoms with E-state index in [4.69, 9.17) is 5.73 Å². The largest absolute Gasteiger partial charge is 0.330 e. The summed E-state index contributed by atoms with van der Waals surface area (Å²) in [5, 5.41) is 8.27. The van der Waals surface area contributed by atoms with Gasteiger partial charge in [-0.15, -0.1) is 5.10 Å². The summed E-state index contributed by atoms with van der Waals surface area (Å²) in [5.41, 5.74) is 6.54. The van der Waals surface area contributed by atoms with Crippen LogP contribution in [0.25, 0.3) is 0 Å². The molecule has 0 saturated carbocycles. The summed E-state index contributed by atoms with van der Waals surface area (Å²) in [4.78, 5) is 0. The molecule has 1 aromatic rings. The van der Waals surface area contributed by atoms with Gasteiger partial charge in [0, 0.05) is 12.7 Å². The van der Waals surface area contributed by atoms with Crippen LogP contribution >= 0.6 is 0 Å². The van der Waals surface area contributed by atoms with E-state index in [9.17, 15) is 0 Å². The van der Waals surface area contributed by atoms with Gasteiger partial charge in [-0.1, -0.05) is 44.2 Å². The van der Waals surface area contributed by atoms with Gasteiger partial charge in [0.05, 0.1) is 5.69 Å². The summed E-state index contributed by atoms with van der Waals surface area (Å²) in [6.07, 6.45) is 11.9. The van der Waals surface area contributed by atoms with Gasteiger partial charge in [0.2, 0.25) is 0 Å².